The Kier molecular flexibility index (Phi) is 7.64. The van der Waals surface area contributed by atoms with Crippen molar-refractivity contribution >= 4 is 11.9 Å². The highest BCUT2D eigenvalue weighted by Gasteiger charge is 2.30. The number of para-hydroxylation sites is 1. The maximum atomic E-state index is 12.7. The van der Waals surface area contributed by atoms with Crippen molar-refractivity contribution in [2.75, 3.05) is 26.7 Å². The second-order valence-corrected chi connectivity index (χ2v) is 5.95. The predicted octanol–water partition coefficient (Wildman–Crippen LogP) is 1.17. The Morgan fingerprint density at radius 3 is 2.27 bits per heavy atom. The zero-order valence-corrected chi connectivity index (χ0v) is 15.2. The van der Waals surface area contributed by atoms with E-state index < -0.39 is 12.1 Å². The van der Waals surface area contributed by atoms with Gasteiger partial charge in [-0.25, -0.2) is 4.79 Å². The van der Waals surface area contributed by atoms with Gasteiger partial charge in [-0.2, -0.15) is 0 Å². The van der Waals surface area contributed by atoms with Gasteiger partial charge in [0.2, 0.25) is 0 Å². The van der Waals surface area contributed by atoms with Gasteiger partial charge >= 0.3 is 6.03 Å². The number of urea groups is 1. The van der Waals surface area contributed by atoms with Gasteiger partial charge in [-0.15, -0.1) is 0 Å². The van der Waals surface area contributed by atoms with Crippen LogP contribution >= 0.6 is 0 Å². The number of hydrogen-bond donors (Lipinski definition) is 3. The van der Waals surface area contributed by atoms with Gasteiger partial charge < -0.3 is 15.0 Å². The Hall–Kier alpha value is -2.86. The van der Waals surface area contributed by atoms with E-state index in [0.717, 1.165) is 16.2 Å². The Labute approximate surface area is 154 Å². The molecule has 6 nitrogen and oxygen atoms in total. The average Bonchev–Trinajstić information content (AvgIpc) is 2.64. The number of quaternary nitrogens is 1. The summed E-state index contributed by atoms with van der Waals surface area (Å²) in [6.45, 7) is 3.34. The number of likely N-dealkylation sites (N-methyl/N-ethyl adjacent to an activating group) is 1. The number of hydrogen-bond acceptors (Lipinski definition) is 3. The summed E-state index contributed by atoms with van der Waals surface area (Å²) in [5.74, 6) is 0.461. The third-order valence-electron chi connectivity index (χ3n) is 3.97. The predicted molar refractivity (Wildman–Crippen MR) is 100 cm³/mol. The number of nitrogens with one attached hydrogen (secondary N) is 3. The van der Waals surface area contributed by atoms with Crippen molar-refractivity contribution in [3.63, 3.8) is 0 Å². The van der Waals surface area contributed by atoms with E-state index in [1.54, 1.807) is 6.92 Å². The lowest BCUT2D eigenvalue weighted by molar-refractivity contribution is -0.902. The lowest BCUT2D eigenvalue weighted by atomic mass is 10.0. The van der Waals surface area contributed by atoms with Gasteiger partial charge in [-0.3, -0.25) is 10.1 Å². The molecule has 26 heavy (non-hydrogen) atoms. The fraction of sp³-hybridized carbons (Fsp3) is 0.300. The summed E-state index contributed by atoms with van der Waals surface area (Å²) in [6.07, 6.45) is 0. The number of carbonyl (C=O) groups excluding carboxylic acids is 2. The van der Waals surface area contributed by atoms with Crippen LogP contribution in [-0.2, 0) is 4.79 Å². The van der Waals surface area contributed by atoms with E-state index in [0.29, 0.717) is 19.7 Å². The smallest absolute Gasteiger partial charge is 0.321 e. The molecule has 2 atom stereocenters. The number of ether oxygens (including phenoxy) is 1. The zero-order chi connectivity index (χ0) is 18.8. The third-order valence-corrected chi connectivity index (χ3v) is 3.97. The second-order valence-electron chi connectivity index (χ2n) is 5.95. The lowest BCUT2D eigenvalue weighted by Gasteiger charge is -2.24. The van der Waals surface area contributed by atoms with E-state index in [-0.39, 0.29) is 5.91 Å². The molecule has 0 aromatic heterocycles. The van der Waals surface area contributed by atoms with Crippen LogP contribution in [-0.4, -0.2) is 38.7 Å². The molecule has 3 amide bonds. The minimum absolute atomic E-state index is 0.334. The molecule has 0 aliphatic rings. The van der Waals surface area contributed by atoms with Crippen LogP contribution in [0.15, 0.2) is 60.7 Å². The van der Waals surface area contributed by atoms with E-state index in [9.17, 15) is 9.59 Å². The van der Waals surface area contributed by atoms with Gasteiger partial charge in [0, 0.05) is 12.1 Å². The molecule has 138 valence electrons. The van der Waals surface area contributed by atoms with E-state index >= 15 is 0 Å². The van der Waals surface area contributed by atoms with E-state index in [1.165, 1.54) is 0 Å². The van der Waals surface area contributed by atoms with Gasteiger partial charge in [0.15, 0.2) is 6.04 Å². The Balaban J connectivity index is 2.02. The molecule has 3 N–H and O–H groups in total. The normalized spacial score (nSPS) is 12.7. The highest BCUT2D eigenvalue weighted by Crippen LogP contribution is 2.10. The van der Waals surface area contributed by atoms with Crippen LogP contribution in [0.1, 0.15) is 18.5 Å². The molecule has 1 unspecified atom stereocenters. The van der Waals surface area contributed by atoms with E-state index in [2.05, 4.69) is 10.6 Å². The molecule has 0 spiro atoms. The first-order valence-corrected chi connectivity index (χ1v) is 8.75. The number of carbonyl (C=O) groups is 2. The summed E-state index contributed by atoms with van der Waals surface area (Å²) in [5.41, 5.74) is 0.853. The van der Waals surface area contributed by atoms with Crippen LogP contribution in [0.2, 0.25) is 0 Å². The van der Waals surface area contributed by atoms with Crippen LogP contribution in [0.4, 0.5) is 4.79 Å². The molecule has 0 fully saturated rings. The molecule has 0 radical (unpaired) electrons. The highest BCUT2D eigenvalue weighted by atomic mass is 16.5. The fourth-order valence-electron chi connectivity index (χ4n) is 2.68. The van der Waals surface area contributed by atoms with Crippen molar-refractivity contribution in [3.8, 4) is 5.75 Å². The van der Waals surface area contributed by atoms with Crippen molar-refractivity contribution in [2.45, 2.75) is 13.0 Å². The summed E-state index contributed by atoms with van der Waals surface area (Å²) in [7, 11) is 1.92. The molecule has 0 aliphatic heterocycles. The first-order valence-electron chi connectivity index (χ1n) is 8.75. The van der Waals surface area contributed by atoms with Crippen molar-refractivity contribution in [3.05, 3.63) is 66.2 Å². The Morgan fingerprint density at radius 2 is 1.65 bits per heavy atom. The van der Waals surface area contributed by atoms with Crippen LogP contribution in [0.5, 0.6) is 5.75 Å². The first kappa shape index (κ1) is 19.5. The molecule has 0 aliphatic carbocycles. The van der Waals surface area contributed by atoms with Gasteiger partial charge in [0.05, 0.1) is 7.05 Å². The summed E-state index contributed by atoms with van der Waals surface area (Å²) >= 11 is 0. The second kappa shape index (κ2) is 10.2. The van der Waals surface area contributed by atoms with Crippen LogP contribution in [0.25, 0.3) is 0 Å². The molecule has 6 heteroatoms. The topological polar surface area (TPSA) is 71.9 Å². The van der Waals surface area contributed by atoms with Gasteiger partial charge in [-0.1, -0.05) is 48.5 Å². The van der Waals surface area contributed by atoms with Gasteiger partial charge in [0.25, 0.3) is 5.91 Å². The summed E-state index contributed by atoms with van der Waals surface area (Å²) in [6, 6.07) is 18.0. The highest BCUT2D eigenvalue weighted by molar-refractivity contribution is 5.96. The summed E-state index contributed by atoms with van der Waals surface area (Å²) in [5, 5.41) is 5.00. The monoisotopic (exact) mass is 356 g/mol. The first-order chi connectivity index (χ1) is 12.6. The lowest BCUT2D eigenvalue weighted by Crippen LogP contribution is -3.11. The molecule has 0 bridgehead atoms. The minimum Gasteiger partial charge on any atom is -0.488 e. The SMILES string of the molecule is CCNC(=O)NC(=O)[C@@H](c1ccccc1)[NH+](C)CCOc1ccccc1. The largest absolute Gasteiger partial charge is 0.488 e. The average molecular weight is 356 g/mol. The summed E-state index contributed by atoms with van der Waals surface area (Å²) in [4.78, 5) is 25.3. The molecule has 2 aromatic carbocycles. The quantitative estimate of drug-likeness (QED) is 0.665. The fourth-order valence-corrected chi connectivity index (χ4v) is 2.68. The van der Waals surface area contributed by atoms with Gasteiger partial charge in [0.1, 0.15) is 18.9 Å². The van der Waals surface area contributed by atoms with Crippen molar-refractivity contribution in [1.82, 2.24) is 10.6 Å². The molecular weight excluding hydrogens is 330 g/mol. The number of imide groups is 1. The standard InChI is InChI=1S/C20H25N3O3/c1-3-21-20(25)22-19(24)18(16-10-6-4-7-11-16)23(2)14-15-26-17-12-8-5-9-13-17/h4-13,18H,3,14-15H2,1-2H3,(H2,21,22,24,25)/p+1/t18-/m1/s1. The van der Waals surface area contributed by atoms with E-state index in [4.69, 9.17) is 4.74 Å². The maximum absolute atomic E-state index is 12.7. The third kappa shape index (κ3) is 5.89. The zero-order valence-electron chi connectivity index (χ0n) is 15.2. The molecule has 2 aromatic rings. The summed E-state index contributed by atoms with van der Waals surface area (Å²) < 4.78 is 5.73. The van der Waals surface area contributed by atoms with Crippen molar-refractivity contribution in [2.24, 2.45) is 0 Å². The van der Waals surface area contributed by atoms with E-state index in [1.807, 2.05) is 67.7 Å². The number of rotatable bonds is 8. The molecular formula is C20H26N3O3+. The van der Waals surface area contributed by atoms with Crippen LogP contribution in [0, 0.1) is 0 Å². The number of benzene rings is 2. The minimum atomic E-state index is -0.502. The Bertz CT molecular complexity index is 692. The maximum Gasteiger partial charge on any atom is 0.321 e. The van der Waals surface area contributed by atoms with Crippen molar-refractivity contribution in [1.29, 1.82) is 0 Å². The number of amides is 3. The van der Waals surface area contributed by atoms with Crippen molar-refractivity contribution < 1.29 is 19.2 Å². The van der Waals surface area contributed by atoms with Crippen LogP contribution in [0.3, 0.4) is 0 Å². The molecule has 2 rings (SSSR count). The molecule has 0 saturated carbocycles. The Morgan fingerprint density at radius 1 is 1.04 bits per heavy atom. The van der Waals surface area contributed by atoms with Gasteiger partial charge in [-0.05, 0) is 19.1 Å². The van der Waals surface area contributed by atoms with Crippen LogP contribution < -0.4 is 20.3 Å². The molecule has 0 saturated heterocycles. The molecule has 0 heterocycles.